The van der Waals surface area contributed by atoms with Crippen molar-refractivity contribution in [3.05, 3.63) is 42.0 Å². The monoisotopic (exact) mass is 233 g/mol. The van der Waals surface area contributed by atoms with E-state index in [2.05, 4.69) is 15.5 Å². The van der Waals surface area contributed by atoms with Crippen molar-refractivity contribution >= 4 is 0 Å². The molecule has 0 radical (unpaired) electrons. The van der Waals surface area contributed by atoms with E-state index in [-0.39, 0.29) is 6.04 Å². The lowest BCUT2D eigenvalue weighted by Gasteiger charge is -2.13. The fraction of sp³-hybridized carbons (Fsp3) is 0.333. The Morgan fingerprint density at radius 3 is 2.76 bits per heavy atom. The lowest BCUT2D eigenvalue weighted by atomic mass is 10.1. The molecule has 1 atom stereocenters. The third-order valence-electron chi connectivity index (χ3n) is 2.56. The maximum atomic E-state index is 5.32. The normalized spacial score (nSPS) is 12.4. The molecule has 0 aromatic carbocycles. The molecule has 0 saturated heterocycles. The molecule has 0 amide bonds. The SMILES string of the molecule is CNC(Cc1ccco1)c1ccc(OC)nn1. The minimum atomic E-state index is 0.0829. The number of furan rings is 1. The maximum absolute atomic E-state index is 5.32. The summed E-state index contributed by atoms with van der Waals surface area (Å²) in [6.07, 6.45) is 2.41. The van der Waals surface area contributed by atoms with Crippen molar-refractivity contribution in [2.24, 2.45) is 0 Å². The highest BCUT2D eigenvalue weighted by Crippen LogP contribution is 2.17. The molecule has 0 aliphatic heterocycles. The number of nitrogens with zero attached hydrogens (tertiary/aromatic N) is 2. The number of likely N-dealkylation sites (N-methyl/N-ethyl adjacent to an activating group) is 1. The van der Waals surface area contributed by atoms with Gasteiger partial charge >= 0.3 is 0 Å². The zero-order chi connectivity index (χ0) is 12.1. The molecule has 0 spiro atoms. The molecule has 2 heterocycles. The second kappa shape index (κ2) is 5.45. The van der Waals surface area contributed by atoms with Gasteiger partial charge in [-0.15, -0.1) is 5.10 Å². The van der Waals surface area contributed by atoms with Crippen LogP contribution < -0.4 is 10.1 Å². The summed E-state index contributed by atoms with van der Waals surface area (Å²) in [5, 5.41) is 11.3. The van der Waals surface area contributed by atoms with E-state index in [1.54, 1.807) is 19.4 Å². The van der Waals surface area contributed by atoms with E-state index in [1.165, 1.54) is 0 Å². The predicted octanol–water partition coefficient (Wildman–Crippen LogP) is 1.58. The van der Waals surface area contributed by atoms with Crippen molar-refractivity contribution in [1.29, 1.82) is 0 Å². The van der Waals surface area contributed by atoms with E-state index in [1.807, 2.05) is 25.2 Å². The minimum absolute atomic E-state index is 0.0829. The van der Waals surface area contributed by atoms with Gasteiger partial charge in [0.2, 0.25) is 5.88 Å². The lowest BCUT2D eigenvalue weighted by Crippen LogP contribution is -2.20. The highest BCUT2D eigenvalue weighted by Gasteiger charge is 2.13. The Balaban J connectivity index is 2.11. The summed E-state index contributed by atoms with van der Waals surface area (Å²) in [6, 6.07) is 7.60. The molecule has 2 rings (SSSR count). The van der Waals surface area contributed by atoms with Crippen LogP contribution in [-0.2, 0) is 6.42 Å². The van der Waals surface area contributed by atoms with Crippen LogP contribution in [0.5, 0.6) is 5.88 Å². The molecule has 2 aromatic heterocycles. The molecule has 0 bridgehead atoms. The highest BCUT2D eigenvalue weighted by atomic mass is 16.5. The van der Waals surface area contributed by atoms with E-state index >= 15 is 0 Å². The Bertz CT molecular complexity index is 439. The number of methoxy groups -OCH3 is 1. The first kappa shape index (κ1) is 11.6. The standard InChI is InChI=1S/C12H15N3O2/c1-13-11(8-9-4-3-7-17-9)10-5-6-12(16-2)15-14-10/h3-7,11,13H,8H2,1-2H3. The molecule has 1 unspecified atom stereocenters. The van der Waals surface area contributed by atoms with Crippen molar-refractivity contribution in [2.45, 2.75) is 12.5 Å². The number of hydrogen-bond acceptors (Lipinski definition) is 5. The summed E-state index contributed by atoms with van der Waals surface area (Å²) in [5.41, 5.74) is 0.865. The van der Waals surface area contributed by atoms with Gasteiger partial charge in [0.25, 0.3) is 0 Å². The summed E-state index contributed by atoms with van der Waals surface area (Å²) in [5.74, 6) is 1.43. The van der Waals surface area contributed by atoms with Crippen LogP contribution in [0.15, 0.2) is 34.9 Å². The van der Waals surface area contributed by atoms with Gasteiger partial charge in [0.15, 0.2) is 0 Å². The van der Waals surface area contributed by atoms with Gasteiger partial charge in [-0.1, -0.05) is 0 Å². The molecule has 0 saturated carbocycles. The van der Waals surface area contributed by atoms with Gasteiger partial charge in [-0.2, -0.15) is 5.10 Å². The van der Waals surface area contributed by atoms with Gasteiger partial charge < -0.3 is 14.5 Å². The average Bonchev–Trinajstić information content (AvgIpc) is 2.89. The first-order valence-corrected chi connectivity index (χ1v) is 5.40. The van der Waals surface area contributed by atoms with E-state index < -0.39 is 0 Å². The summed E-state index contributed by atoms with van der Waals surface area (Å²) in [6.45, 7) is 0. The molecule has 0 aliphatic rings. The van der Waals surface area contributed by atoms with Crippen molar-refractivity contribution in [2.75, 3.05) is 14.2 Å². The molecule has 17 heavy (non-hydrogen) atoms. The van der Waals surface area contributed by atoms with Gasteiger partial charge in [0, 0.05) is 12.5 Å². The Morgan fingerprint density at radius 1 is 1.35 bits per heavy atom. The number of hydrogen-bond donors (Lipinski definition) is 1. The smallest absolute Gasteiger partial charge is 0.233 e. The highest BCUT2D eigenvalue weighted by molar-refractivity contribution is 5.15. The van der Waals surface area contributed by atoms with E-state index in [4.69, 9.17) is 9.15 Å². The van der Waals surface area contributed by atoms with E-state index in [0.717, 1.165) is 17.9 Å². The van der Waals surface area contributed by atoms with Crippen molar-refractivity contribution in [3.63, 3.8) is 0 Å². The summed E-state index contributed by atoms with van der Waals surface area (Å²) in [7, 11) is 3.46. The predicted molar refractivity (Wildman–Crippen MR) is 62.8 cm³/mol. The average molecular weight is 233 g/mol. The molecular formula is C12H15N3O2. The molecule has 0 fully saturated rings. The minimum Gasteiger partial charge on any atom is -0.480 e. The summed E-state index contributed by atoms with van der Waals surface area (Å²) < 4.78 is 10.3. The molecule has 90 valence electrons. The van der Waals surface area contributed by atoms with Gasteiger partial charge in [-0.05, 0) is 25.2 Å². The number of rotatable bonds is 5. The van der Waals surface area contributed by atoms with Crippen LogP contribution in [0.25, 0.3) is 0 Å². The molecular weight excluding hydrogens is 218 g/mol. The molecule has 5 heteroatoms. The fourth-order valence-corrected chi connectivity index (χ4v) is 1.61. The molecule has 0 aliphatic carbocycles. The van der Waals surface area contributed by atoms with Crippen LogP contribution in [0.3, 0.4) is 0 Å². The lowest BCUT2D eigenvalue weighted by molar-refractivity contribution is 0.388. The largest absolute Gasteiger partial charge is 0.480 e. The molecule has 5 nitrogen and oxygen atoms in total. The van der Waals surface area contributed by atoms with Crippen LogP contribution in [0.4, 0.5) is 0 Å². The van der Waals surface area contributed by atoms with Gasteiger partial charge in [-0.25, -0.2) is 0 Å². The van der Waals surface area contributed by atoms with Gasteiger partial charge in [-0.3, -0.25) is 0 Å². The van der Waals surface area contributed by atoms with E-state index in [0.29, 0.717) is 5.88 Å². The number of aromatic nitrogens is 2. The number of nitrogens with one attached hydrogen (secondary N) is 1. The van der Waals surface area contributed by atoms with Gasteiger partial charge in [0.05, 0.1) is 25.1 Å². The maximum Gasteiger partial charge on any atom is 0.233 e. The van der Waals surface area contributed by atoms with Crippen LogP contribution in [0.2, 0.25) is 0 Å². The second-order valence-corrected chi connectivity index (χ2v) is 3.63. The van der Waals surface area contributed by atoms with Crippen LogP contribution in [0.1, 0.15) is 17.5 Å². The molecule has 1 N–H and O–H groups in total. The summed E-state index contributed by atoms with van der Waals surface area (Å²) in [4.78, 5) is 0. The second-order valence-electron chi connectivity index (χ2n) is 3.63. The fourth-order valence-electron chi connectivity index (χ4n) is 1.61. The quantitative estimate of drug-likeness (QED) is 0.849. The third-order valence-corrected chi connectivity index (χ3v) is 2.56. The number of ether oxygens (including phenoxy) is 1. The Kier molecular flexibility index (Phi) is 3.72. The van der Waals surface area contributed by atoms with E-state index in [9.17, 15) is 0 Å². The Labute approximate surface area is 99.8 Å². The van der Waals surface area contributed by atoms with Gasteiger partial charge in [0.1, 0.15) is 5.76 Å². The zero-order valence-electron chi connectivity index (χ0n) is 9.88. The van der Waals surface area contributed by atoms with Crippen molar-refractivity contribution < 1.29 is 9.15 Å². The third kappa shape index (κ3) is 2.82. The van der Waals surface area contributed by atoms with Crippen LogP contribution >= 0.6 is 0 Å². The first-order chi connectivity index (χ1) is 8.33. The van der Waals surface area contributed by atoms with Crippen LogP contribution in [0, 0.1) is 0 Å². The Hall–Kier alpha value is -1.88. The van der Waals surface area contributed by atoms with Crippen molar-refractivity contribution in [1.82, 2.24) is 15.5 Å². The topological polar surface area (TPSA) is 60.2 Å². The van der Waals surface area contributed by atoms with Crippen molar-refractivity contribution in [3.8, 4) is 5.88 Å². The molecule has 2 aromatic rings. The van der Waals surface area contributed by atoms with Crippen LogP contribution in [-0.4, -0.2) is 24.4 Å². The zero-order valence-corrected chi connectivity index (χ0v) is 9.88. The first-order valence-electron chi connectivity index (χ1n) is 5.40. The summed E-state index contributed by atoms with van der Waals surface area (Å²) >= 11 is 0. The Morgan fingerprint density at radius 2 is 2.24 bits per heavy atom.